The van der Waals surface area contributed by atoms with Gasteiger partial charge in [-0.2, -0.15) is 0 Å². The Labute approximate surface area is 237 Å². The van der Waals surface area contributed by atoms with Gasteiger partial charge in [-0.05, 0) is 81.3 Å². The Balaban J connectivity index is 1.22. The SMILES string of the molecule is Cc1ccc(OCc2ccc(CN(C)CC3CCOCC3)cc2C)c(-c2csc(N3CCC(C=O)CC3)n2)c1. The van der Waals surface area contributed by atoms with Crippen LogP contribution in [0, 0.1) is 25.7 Å². The van der Waals surface area contributed by atoms with Gasteiger partial charge in [0.05, 0.1) is 5.69 Å². The molecule has 2 saturated heterocycles. The summed E-state index contributed by atoms with van der Waals surface area (Å²) in [5, 5.41) is 3.15. The Morgan fingerprint density at radius 2 is 1.90 bits per heavy atom. The van der Waals surface area contributed by atoms with E-state index in [1.54, 1.807) is 11.3 Å². The van der Waals surface area contributed by atoms with Crippen molar-refractivity contribution in [3.05, 3.63) is 64.0 Å². The number of hydrogen-bond acceptors (Lipinski definition) is 7. The predicted molar refractivity (Wildman–Crippen MR) is 159 cm³/mol. The van der Waals surface area contributed by atoms with E-state index in [0.29, 0.717) is 6.61 Å². The number of aromatic nitrogens is 1. The first-order valence-electron chi connectivity index (χ1n) is 14.2. The van der Waals surface area contributed by atoms with Crippen molar-refractivity contribution in [1.82, 2.24) is 9.88 Å². The fourth-order valence-corrected chi connectivity index (χ4v) is 6.53. The number of benzene rings is 2. The number of aldehydes is 1. The standard InChI is InChI=1S/C32H41N3O3S/c1-23-4-7-31(29(16-23)30-22-39-32(33-30)35-12-8-26(20-36)9-13-35)38-21-28-6-5-27(17-24(28)2)19-34(3)18-25-10-14-37-15-11-25/h4-7,16-17,20,22,25-26H,8-15,18-19,21H2,1-3H3. The molecule has 0 spiro atoms. The van der Waals surface area contributed by atoms with Gasteiger partial charge in [0.25, 0.3) is 0 Å². The number of anilines is 1. The highest BCUT2D eigenvalue weighted by Crippen LogP contribution is 2.36. The molecule has 0 N–H and O–H groups in total. The average Bonchev–Trinajstić information content (AvgIpc) is 3.44. The minimum atomic E-state index is 0.188. The van der Waals surface area contributed by atoms with Gasteiger partial charge in [0, 0.05) is 56.3 Å². The van der Waals surface area contributed by atoms with Crippen LogP contribution in [0.1, 0.15) is 47.9 Å². The first kappa shape index (κ1) is 27.8. The molecule has 2 fully saturated rings. The van der Waals surface area contributed by atoms with Crippen molar-refractivity contribution in [2.24, 2.45) is 11.8 Å². The van der Waals surface area contributed by atoms with Gasteiger partial charge in [-0.3, -0.25) is 0 Å². The van der Waals surface area contributed by atoms with Crippen molar-refractivity contribution < 1.29 is 14.3 Å². The highest BCUT2D eigenvalue weighted by atomic mass is 32.1. The Bertz CT molecular complexity index is 1250. The quantitative estimate of drug-likeness (QED) is 0.279. The van der Waals surface area contributed by atoms with Gasteiger partial charge >= 0.3 is 0 Å². The van der Waals surface area contributed by atoms with Crippen LogP contribution in [0.5, 0.6) is 5.75 Å². The van der Waals surface area contributed by atoms with E-state index in [1.165, 1.54) is 35.1 Å². The second-order valence-corrected chi connectivity index (χ2v) is 12.1. The Kier molecular flexibility index (Phi) is 9.32. The number of rotatable bonds is 10. The molecule has 6 nitrogen and oxygen atoms in total. The number of aryl methyl sites for hydroxylation is 2. The van der Waals surface area contributed by atoms with Crippen molar-refractivity contribution in [2.45, 2.75) is 52.7 Å². The zero-order valence-corrected chi connectivity index (χ0v) is 24.3. The highest BCUT2D eigenvalue weighted by Gasteiger charge is 2.22. The maximum Gasteiger partial charge on any atom is 0.185 e. The molecular formula is C32H41N3O3S. The summed E-state index contributed by atoms with van der Waals surface area (Å²) in [4.78, 5) is 20.8. The van der Waals surface area contributed by atoms with Gasteiger partial charge in [-0.15, -0.1) is 11.3 Å². The first-order valence-corrected chi connectivity index (χ1v) is 15.1. The fourth-order valence-electron chi connectivity index (χ4n) is 5.65. The summed E-state index contributed by atoms with van der Waals surface area (Å²) in [6.07, 6.45) is 5.25. The number of nitrogens with zero attached hydrogens (tertiary/aromatic N) is 3. The van der Waals surface area contributed by atoms with Gasteiger partial charge in [-0.25, -0.2) is 4.98 Å². The minimum Gasteiger partial charge on any atom is -0.488 e. The zero-order valence-electron chi connectivity index (χ0n) is 23.5. The van der Waals surface area contributed by atoms with Crippen LogP contribution in [0.4, 0.5) is 5.13 Å². The molecule has 2 aliphatic heterocycles. The van der Waals surface area contributed by atoms with Crippen molar-refractivity contribution in [2.75, 3.05) is 44.8 Å². The molecule has 0 radical (unpaired) electrons. The largest absolute Gasteiger partial charge is 0.488 e. The number of hydrogen-bond donors (Lipinski definition) is 0. The lowest BCUT2D eigenvalue weighted by Gasteiger charge is -2.29. The van der Waals surface area contributed by atoms with E-state index >= 15 is 0 Å². The summed E-state index contributed by atoms with van der Waals surface area (Å²) in [5.74, 6) is 1.79. The van der Waals surface area contributed by atoms with Crippen LogP contribution in [0.25, 0.3) is 11.3 Å². The molecule has 208 valence electrons. The Hall–Kier alpha value is -2.74. The molecule has 0 aliphatic carbocycles. The molecule has 2 aliphatic rings. The van der Waals surface area contributed by atoms with Crippen LogP contribution in [0.15, 0.2) is 41.8 Å². The van der Waals surface area contributed by atoms with Gasteiger partial charge in [0.2, 0.25) is 0 Å². The third kappa shape index (κ3) is 7.27. The van der Waals surface area contributed by atoms with Crippen LogP contribution < -0.4 is 9.64 Å². The lowest BCUT2D eigenvalue weighted by Crippen LogP contribution is -2.33. The van der Waals surface area contributed by atoms with Crippen molar-refractivity contribution in [1.29, 1.82) is 0 Å². The van der Waals surface area contributed by atoms with E-state index in [-0.39, 0.29) is 5.92 Å². The second-order valence-electron chi connectivity index (χ2n) is 11.3. The van der Waals surface area contributed by atoms with E-state index in [2.05, 4.69) is 72.5 Å². The lowest BCUT2D eigenvalue weighted by atomic mass is 9.99. The number of piperidine rings is 1. The molecule has 0 amide bonds. The van der Waals surface area contributed by atoms with E-state index in [1.807, 2.05) is 0 Å². The van der Waals surface area contributed by atoms with Gasteiger partial charge in [0.1, 0.15) is 18.6 Å². The number of carbonyl (C=O) groups excluding carboxylic acids is 1. The summed E-state index contributed by atoms with van der Waals surface area (Å²) in [7, 11) is 2.22. The summed E-state index contributed by atoms with van der Waals surface area (Å²) in [6, 6.07) is 13.1. The third-order valence-electron chi connectivity index (χ3n) is 8.06. The van der Waals surface area contributed by atoms with Crippen LogP contribution >= 0.6 is 11.3 Å². The second kappa shape index (κ2) is 13.1. The average molecular weight is 548 g/mol. The third-order valence-corrected chi connectivity index (χ3v) is 8.96. The first-order chi connectivity index (χ1) is 19.0. The van der Waals surface area contributed by atoms with E-state index < -0.39 is 0 Å². The summed E-state index contributed by atoms with van der Waals surface area (Å²) >= 11 is 1.67. The number of ether oxygens (including phenoxy) is 2. The summed E-state index contributed by atoms with van der Waals surface area (Å²) < 4.78 is 11.9. The van der Waals surface area contributed by atoms with Crippen LogP contribution in [0.2, 0.25) is 0 Å². The van der Waals surface area contributed by atoms with Crippen LogP contribution in [0.3, 0.4) is 0 Å². The monoisotopic (exact) mass is 547 g/mol. The molecule has 2 aromatic carbocycles. The highest BCUT2D eigenvalue weighted by molar-refractivity contribution is 7.14. The van der Waals surface area contributed by atoms with E-state index in [4.69, 9.17) is 14.5 Å². The molecule has 39 heavy (non-hydrogen) atoms. The topological polar surface area (TPSA) is 54.9 Å². The molecule has 0 unspecified atom stereocenters. The molecule has 3 aromatic rings. The van der Waals surface area contributed by atoms with Crippen LogP contribution in [-0.2, 0) is 22.7 Å². The molecule has 0 saturated carbocycles. The van der Waals surface area contributed by atoms with E-state index in [9.17, 15) is 4.79 Å². The van der Waals surface area contributed by atoms with Crippen LogP contribution in [-0.4, -0.2) is 56.1 Å². The van der Waals surface area contributed by atoms with Gasteiger partial charge in [0.15, 0.2) is 5.13 Å². The molecule has 0 atom stereocenters. The van der Waals surface area contributed by atoms with Gasteiger partial charge in [-0.1, -0.05) is 29.8 Å². The lowest BCUT2D eigenvalue weighted by molar-refractivity contribution is -0.111. The molecule has 5 rings (SSSR count). The van der Waals surface area contributed by atoms with Gasteiger partial charge < -0.3 is 24.1 Å². The normalized spacial score (nSPS) is 17.1. The maximum absolute atomic E-state index is 11.1. The maximum atomic E-state index is 11.1. The van der Waals surface area contributed by atoms with Crippen molar-refractivity contribution >= 4 is 22.8 Å². The zero-order chi connectivity index (χ0) is 27.2. The number of carbonyl (C=O) groups is 1. The Morgan fingerprint density at radius 3 is 2.64 bits per heavy atom. The fraction of sp³-hybridized carbons (Fsp3) is 0.500. The van der Waals surface area contributed by atoms with E-state index in [0.717, 1.165) is 86.6 Å². The summed E-state index contributed by atoms with van der Waals surface area (Å²) in [6.45, 7) is 10.5. The smallest absolute Gasteiger partial charge is 0.185 e. The predicted octanol–water partition coefficient (Wildman–Crippen LogP) is 6.28. The molecular weight excluding hydrogens is 506 g/mol. The molecule has 7 heteroatoms. The Morgan fingerprint density at radius 1 is 1.10 bits per heavy atom. The molecule has 0 bridgehead atoms. The van der Waals surface area contributed by atoms with Crippen molar-refractivity contribution in [3.63, 3.8) is 0 Å². The molecule has 1 aromatic heterocycles. The minimum absolute atomic E-state index is 0.188. The van der Waals surface area contributed by atoms with Crippen molar-refractivity contribution in [3.8, 4) is 17.0 Å². The molecule has 3 heterocycles. The number of thiazole rings is 1. The summed E-state index contributed by atoms with van der Waals surface area (Å²) in [5.41, 5.74) is 6.97.